The molecule has 110 valence electrons. The van der Waals surface area contributed by atoms with Crippen LogP contribution in [0.3, 0.4) is 0 Å². The van der Waals surface area contributed by atoms with Crippen LogP contribution in [0.1, 0.15) is 44.6 Å². The summed E-state index contributed by atoms with van der Waals surface area (Å²) in [5, 5.41) is 3.43. The van der Waals surface area contributed by atoms with Gasteiger partial charge in [-0.05, 0) is 37.0 Å². The summed E-state index contributed by atoms with van der Waals surface area (Å²) in [6.07, 6.45) is 4.96. The maximum absolute atomic E-state index is 13.5. The molecular formula is C16H22FNO2. The fourth-order valence-corrected chi connectivity index (χ4v) is 3.06. The Hall–Kier alpha value is -1.42. The lowest BCUT2D eigenvalue weighted by Crippen LogP contribution is -2.53. The lowest BCUT2D eigenvalue weighted by Gasteiger charge is -2.34. The van der Waals surface area contributed by atoms with Crippen molar-refractivity contribution in [3.05, 3.63) is 35.6 Å². The minimum absolute atomic E-state index is 0.289. The number of benzene rings is 1. The molecule has 0 heterocycles. The number of nitrogens with one attached hydrogen (secondary N) is 1. The van der Waals surface area contributed by atoms with E-state index >= 15 is 0 Å². The summed E-state index contributed by atoms with van der Waals surface area (Å²) >= 11 is 0. The number of carbonyl (C=O) groups is 1. The Morgan fingerprint density at radius 3 is 2.70 bits per heavy atom. The van der Waals surface area contributed by atoms with Crippen molar-refractivity contribution in [1.29, 1.82) is 0 Å². The first-order chi connectivity index (χ1) is 9.62. The van der Waals surface area contributed by atoms with Crippen LogP contribution >= 0.6 is 0 Å². The molecule has 0 amide bonds. The Balaban J connectivity index is 2.38. The summed E-state index contributed by atoms with van der Waals surface area (Å²) in [6, 6.07) is 6.51. The van der Waals surface area contributed by atoms with Gasteiger partial charge in [-0.1, -0.05) is 31.9 Å². The minimum atomic E-state index is -0.953. The summed E-state index contributed by atoms with van der Waals surface area (Å²) in [5.74, 6) is -0.685. The van der Waals surface area contributed by atoms with Gasteiger partial charge in [0.15, 0.2) is 0 Å². The van der Waals surface area contributed by atoms with E-state index in [1.54, 1.807) is 12.1 Å². The number of methoxy groups -OCH3 is 1. The highest BCUT2D eigenvalue weighted by Gasteiger charge is 2.41. The summed E-state index contributed by atoms with van der Waals surface area (Å²) in [5.41, 5.74) is -0.315. The van der Waals surface area contributed by atoms with Crippen LogP contribution in [-0.4, -0.2) is 19.1 Å². The average Bonchev–Trinajstić information content (AvgIpc) is 2.96. The molecule has 3 nitrogen and oxygen atoms in total. The molecule has 0 radical (unpaired) electrons. The summed E-state index contributed by atoms with van der Waals surface area (Å²) in [6.45, 7) is 1.92. The smallest absolute Gasteiger partial charge is 0.330 e. The Labute approximate surface area is 119 Å². The zero-order chi connectivity index (χ0) is 14.6. The number of rotatable bonds is 5. The van der Waals surface area contributed by atoms with Crippen molar-refractivity contribution in [2.75, 3.05) is 7.11 Å². The summed E-state index contributed by atoms with van der Waals surface area (Å²) in [7, 11) is 1.38. The maximum atomic E-state index is 13.5. The van der Waals surface area contributed by atoms with E-state index in [1.807, 2.05) is 6.92 Å². The molecule has 1 aromatic carbocycles. The zero-order valence-corrected chi connectivity index (χ0v) is 12.1. The van der Waals surface area contributed by atoms with Crippen LogP contribution in [-0.2, 0) is 15.1 Å². The number of hydrogen-bond acceptors (Lipinski definition) is 3. The summed E-state index contributed by atoms with van der Waals surface area (Å²) in [4.78, 5) is 12.4. The van der Waals surface area contributed by atoms with Gasteiger partial charge in [0.2, 0.25) is 0 Å². The standard InChI is InChI=1S/C16H22FNO2/c1-3-16(15(19)20-2,18-14-9-4-5-10-14)12-7-6-8-13(17)11-12/h6-8,11,14,18H,3-5,9-10H2,1-2H3. The number of hydrogen-bond donors (Lipinski definition) is 1. The normalized spacial score (nSPS) is 18.8. The van der Waals surface area contributed by atoms with E-state index in [9.17, 15) is 9.18 Å². The molecule has 0 spiro atoms. The largest absolute Gasteiger partial charge is 0.467 e. The zero-order valence-electron chi connectivity index (χ0n) is 12.1. The van der Waals surface area contributed by atoms with Crippen molar-refractivity contribution >= 4 is 5.97 Å². The first-order valence-electron chi connectivity index (χ1n) is 7.24. The number of carbonyl (C=O) groups excluding carboxylic acids is 1. The summed E-state index contributed by atoms with van der Waals surface area (Å²) < 4.78 is 18.5. The first-order valence-corrected chi connectivity index (χ1v) is 7.24. The second-order valence-corrected chi connectivity index (χ2v) is 5.39. The molecule has 1 fully saturated rings. The highest BCUT2D eigenvalue weighted by molar-refractivity contribution is 5.82. The lowest BCUT2D eigenvalue weighted by molar-refractivity contribution is -0.149. The van der Waals surface area contributed by atoms with Gasteiger partial charge in [-0.15, -0.1) is 0 Å². The third kappa shape index (κ3) is 2.85. The lowest BCUT2D eigenvalue weighted by atomic mass is 9.86. The monoisotopic (exact) mass is 279 g/mol. The SMILES string of the molecule is CCC(NC1CCCC1)(C(=O)OC)c1cccc(F)c1. The number of halogens is 1. The molecular weight excluding hydrogens is 257 g/mol. The van der Waals surface area contributed by atoms with Crippen molar-refractivity contribution in [3.63, 3.8) is 0 Å². The van der Waals surface area contributed by atoms with E-state index in [2.05, 4.69) is 5.32 Å². The molecule has 1 atom stereocenters. The average molecular weight is 279 g/mol. The fourth-order valence-electron chi connectivity index (χ4n) is 3.06. The van der Waals surface area contributed by atoms with Crippen LogP contribution in [0.15, 0.2) is 24.3 Å². The van der Waals surface area contributed by atoms with E-state index in [0.717, 1.165) is 12.8 Å². The van der Waals surface area contributed by atoms with Crippen molar-refractivity contribution in [2.24, 2.45) is 0 Å². The van der Waals surface area contributed by atoms with Crippen LogP contribution in [0.25, 0.3) is 0 Å². The van der Waals surface area contributed by atoms with E-state index in [-0.39, 0.29) is 17.8 Å². The van der Waals surface area contributed by atoms with Crippen LogP contribution in [0.5, 0.6) is 0 Å². The Kier molecular flexibility index (Phi) is 4.76. The molecule has 1 unspecified atom stereocenters. The van der Waals surface area contributed by atoms with Gasteiger partial charge in [0, 0.05) is 6.04 Å². The number of esters is 1. The molecule has 2 rings (SSSR count). The highest BCUT2D eigenvalue weighted by atomic mass is 19.1. The predicted octanol–water partition coefficient (Wildman–Crippen LogP) is 3.14. The van der Waals surface area contributed by atoms with E-state index in [4.69, 9.17) is 4.74 Å². The van der Waals surface area contributed by atoms with Gasteiger partial charge in [0.1, 0.15) is 11.4 Å². The highest BCUT2D eigenvalue weighted by Crippen LogP contribution is 2.31. The maximum Gasteiger partial charge on any atom is 0.330 e. The Bertz CT molecular complexity index is 471. The van der Waals surface area contributed by atoms with Crippen molar-refractivity contribution < 1.29 is 13.9 Å². The molecule has 0 aromatic heterocycles. The second-order valence-electron chi connectivity index (χ2n) is 5.39. The van der Waals surface area contributed by atoms with Crippen LogP contribution in [0, 0.1) is 5.82 Å². The van der Waals surface area contributed by atoms with Gasteiger partial charge < -0.3 is 4.74 Å². The first kappa shape index (κ1) is 15.0. The fraction of sp³-hybridized carbons (Fsp3) is 0.562. The predicted molar refractivity (Wildman–Crippen MR) is 75.8 cm³/mol. The minimum Gasteiger partial charge on any atom is -0.467 e. The van der Waals surface area contributed by atoms with E-state index in [1.165, 1.54) is 32.1 Å². The van der Waals surface area contributed by atoms with Gasteiger partial charge in [0.25, 0.3) is 0 Å². The van der Waals surface area contributed by atoms with Crippen molar-refractivity contribution in [1.82, 2.24) is 5.32 Å². The molecule has 1 aromatic rings. The van der Waals surface area contributed by atoms with Crippen LogP contribution in [0.4, 0.5) is 4.39 Å². The van der Waals surface area contributed by atoms with Gasteiger partial charge >= 0.3 is 5.97 Å². The Morgan fingerprint density at radius 1 is 1.45 bits per heavy atom. The van der Waals surface area contributed by atoms with Gasteiger partial charge in [-0.2, -0.15) is 0 Å². The van der Waals surface area contributed by atoms with Gasteiger partial charge in [0.05, 0.1) is 7.11 Å². The molecule has 1 aliphatic rings. The Morgan fingerprint density at radius 2 is 2.15 bits per heavy atom. The van der Waals surface area contributed by atoms with Crippen molar-refractivity contribution in [3.8, 4) is 0 Å². The molecule has 0 bridgehead atoms. The molecule has 0 saturated heterocycles. The van der Waals surface area contributed by atoms with Crippen LogP contribution < -0.4 is 5.32 Å². The molecule has 1 N–H and O–H groups in total. The molecule has 20 heavy (non-hydrogen) atoms. The molecule has 1 aliphatic carbocycles. The van der Waals surface area contributed by atoms with Gasteiger partial charge in [-0.3, -0.25) is 5.32 Å². The van der Waals surface area contributed by atoms with Gasteiger partial charge in [-0.25, -0.2) is 9.18 Å². The van der Waals surface area contributed by atoms with E-state index in [0.29, 0.717) is 12.0 Å². The third-order valence-corrected chi connectivity index (χ3v) is 4.19. The quantitative estimate of drug-likeness (QED) is 0.842. The van der Waals surface area contributed by atoms with Crippen LogP contribution in [0.2, 0.25) is 0 Å². The molecule has 1 saturated carbocycles. The molecule has 4 heteroatoms. The second kappa shape index (κ2) is 6.35. The van der Waals surface area contributed by atoms with E-state index < -0.39 is 5.54 Å². The number of ether oxygens (including phenoxy) is 1. The third-order valence-electron chi connectivity index (χ3n) is 4.19. The topological polar surface area (TPSA) is 38.3 Å². The molecule has 0 aliphatic heterocycles. The van der Waals surface area contributed by atoms with Crippen molar-refractivity contribution in [2.45, 2.75) is 50.6 Å².